The van der Waals surface area contributed by atoms with E-state index in [1.54, 1.807) is 0 Å². The summed E-state index contributed by atoms with van der Waals surface area (Å²) in [6.45, 7) is 2.44. The van der Waals surface area contributed by atoms with Crippen molar-refractivity contribution < 1.29 is 8.42 Å². The van der Waals surface area contributed by atoms with Crippen LogP contribution in [-0.4, -0.2) is 15.0 Å². The summed E-state index contributed by atoms with van der Waals surface area (Å²) in [5, 5.41) is 8.72. The van der Waals surface area contributed by atoms with E-state index in [0.717, 1.165) is 12.0 Å². The van der Waals surface area contributed by atoms with E-state index >= 15 is 0 Å². The molecular formula is C17H18N2O2S. The van der Waals surface area contributed by atoms with Crippen molar-refractivity contribution in [1.29, 1.82) is 5.26 Å². The molecule has 0 bridgehead atoms. The van der Waals surface area contributed by atoms with Crippen molar-refractivity contribution in [2.75, 3.05) is 6.54 Å². The van der Waals surface area contributed by atoms with Crippen LogP contribution < -0.4 is 4.72 Å². The summed E-state index contributed by atoms with van der Waals surface area (Å²) in [7, 11) is -3.53. The maximum atomic E-state index is 12.1. The monoisotopic (exact) mass is 314 g/mol. The summed E-state index contributed by atoms with van der Waals surface area (Å²) in [6, 6.07) is 16.0. The van der Waals surface area contributed by atoms with Crippen LogP contribution in [0.1, 0.15) is 23.6 Å². The third-order valence-electron chi connectivity index (χ3n) is 3.43. The fourth-order valence-electron chi connectivity index (χ4n) is 2.06. The number of hydrogen-bond donors (Lipinski definition) is 1. The van der Waals surface area contributed by atoms with Crippen LogP contribution in [0.2, 0.25) is 0 Å². The predicted molar refractivity (Wildman–Crippen MR) is 85.9 cm³/mol. The molecule has 0 saturated heterocycles. The molecule has 1 N–H and O–H groups in total. The third-order valence-corrected chi connectivity index (χ3v) is 4.91. The first kappa shape index (κ1) is 16.2. The molecule has 0 spiro atoms. The number of aryl methyl sites for hydroxylation is 1. The lowest BCUT2D eigenvalue weighted by Gasteiger charge is -2.07. The molecule has 4 nitrogen and oxygen atoms in total. The minimum atomic E-state index is -3.53. The molecule has 0 heterocycles. The van der Waals surface area contributed by atoms with Gasteiger partial charge in [0, 0.05) is 6.54 Å². The van der Waals surface area contributed by atoms with Crippen molar-refractivity contribution in [2.24, 2.45) is 0 Å². The van der Waals surface area contributed by atoms with Crippen LogP contribution in [0.25, 0.3) is 0 Å². The van der Waals surface area contributed by atoms with Crippen molar-refractivity contribution in [3.8, 4) is 6.07 Å². The van der Waals surface area contributed by atoms with Gasteiger partial charge >= 0.3 is 0 Å². The van der Waals surface area contributed by atoms with Gasteiger partial charge in [0.2, 0.25) is 10.0 Å². The zero-order chi connectivity index (χ0) is 16.0. The van der Waals surface area contributed by atoms with E-state index in [2.05, 4.69) is 23.8 Å². The number of nitrogens with zero attached hydrogens (tertiary/aromatic N) is 1. The van der Waals surface area contributed by atoms with E-state index in [4.69, 9.17) is 5.26 Å². The summed E-state index contributed by atoms with van der Waals surface area (Å²) in [4.78, 5) is 0.174. The Hall–Kier alpha value is -2.16. The zero-order valence-electron chi connectivity index (χ0n) is 12.4. The van der Waals surface area contributed by atoms with Crippen molar-refractivity contribution >= 4 is 10.0 Å². The van der Waals surface area contributed by atoms with E-state index in [1.807, 2.05) is 18.2 Å². The number of rotatable bonds is 6. The molecule has 0 saturated carbocycles. The SMILES string of the molecule is CCc1ccc(CCNS(=O)(=O)c2ccc(C#N)cc2)cc1. The molecule has 0 radical (unpaired) electrons. The van der Waals surface area contributed by atoms with Crippen molar-refractivity contribution in [3.05, 3.63) is 65.2 Å². The molecule has 0 fully saturated rings. The Labute approximate surface area is 131 Å². The van der Waals surface area contributed by atoms with Gasteiger partial charge in [0.05, 0.1) is 16.5 Å². The minimum Gasteiger partial charge on any atom is -0.211 e. The first-order chi connectivity index (χ1) is 10.5. The lowest BCUT2D eigenvalue weighted by molar-refractivity contribution is 0.581. The molecular weight excluding hydrogens is 296 g/mol. The van der Waals surface area contributed by atoms with Crippen molar-refractivity contribution in [2.45, 2.75) is 24.7 Å². The Kier molecular flexibility index (Phi) is 5.31. The minimum absolute atomic E-state index is 0.174. The van der Waals surface area contributed by atoms with Crippen LogP contribution in [0, 0.1) is 11.3 Å². The molecule has 0 atom stereocenters. The van der Waals surface area contributed by atoms with Crippen LogP contribution in [0.3, 0.4) is 0 Å². The average molecular weight is 314 g/mol. The quantitative estimate of drug-likeness (QED) is 0.891. The van der Waals surface area contributed by atoms with Crippen LogP contribution in [-0.2, 0) is 22.9 Å². The Bertz CT molecular complexity index is 758. The fraction of sp³-hybridized carbons (Fsp3) is 0.235. The van der Waals surface area contributed by atoms with Gasteiger partial charge in [-0.15, -0.1) is 0 Å². The molecule has 5 heteroatoms. The molecule has 0 aliphatic rings. The highest BCUT2D eigenvalue weighted by Gasteiger charge is 2.12. The summed E-state index contributed by atoms with van der Waals surface area (Å²) >= 11 is 0. The molecule has 114 valence electrons. The van der Waals surface area contributed by atoms with Gasteiger partial charge in [-0.2, -0.15) is 5.26 Å². The summed E-state index contributed by atoms with van der Waals surface area (Å²) in [6.07, 6.45) is 1.63. The van der Waals surface area contributed by atoms with Crippen LogP contribution in [0.5, 0.6) is 0 Å². The molecule has 0 aromatic heterocycles. The van der Waals surface area contributed by atoms with Gasteiger partial charge in [-0.25, -0.2) is 13.1 Å². The maximum absolute atomic E-state index is 12.1. The highest BCUT2D eigenvalue weighted by Crippen LogP contribution is 2.10. The third kappa shape index (κ3) is 4.17. The number of nitriles is 1. The molecule has 2 aromatic carbocycles. The van der Waals surface area contributed by atoms with Gasteiger partial charge in [0.1, 0.15) is 0 Å². The smallest absolute Gasteiger partial charge is 0.211 e. The van der Waals surface area contributed by atoms with E-state index in [0.29, 0.717) is 18.5 Å². The number of hydrogen-bond acceptors (Lipinski definition) is 3. The molecule has 0 aliphatic heterocycles. The Morgan fingerprint density at radius 3 is 2.14 bits per heavy atom. The van der Waals surface area contributed by atoms with Crippen LogP contribution >= 0.6 is 0 Å². The second kappa shape index (κ2) is 7.21. The standard InChI is InChI=1S/C17H18N2O2S/c1-2-14-3-5-15(6-4-14)11-12-19-22(20,21)17-9-7-16(13-18)8-10-17/h3-10,19H,2,11-12H2,1H3. The van der Waals surface area contributed by atoms with E-state index in [9.17, 15) is 8.42 Å². The highest BCUT2D eigenvalue weighted by molar-refractivity contribution is 7.89. The van der Waals surface area contributed by atoms with Crippen LogP contribution in [0.15, 0.2) is 53.4 Å². The molecule has 0 amide bonds. The highest BCUT2D eigenvalue weighted by atomic mass is 32.2. The first-order valence-corrected chi connectivity index (χ1v) is 8.61. The summed E-state index contributed by atoms with van der Waals surface area (Å²) < 4.78 is 26.8. The number of nitrogens with one attached hydrogen (secondary N) is 1. The molecule has 0 unspecified atom stereocenters. The summed E-state index contributed by atoms with van der Waals surface area (Å²) in [5.41, 5.74) is 2.80. The van der Waals surface area contributed by atoms with Crippen molar-refractivity contribution in [3.63, 3.8) is 0 Å². The van der Waals surface area contributed by atoms with Crippen LogP contribution in [0.4, 0.5) is 0 Å². The predicted octanol–water partition coefficient (Wildman–Crippen LogP) is 2.64. The van der Waals surface area contributed by atoms with Gasteiger partial charge in [0.15, 0.2) is 0 Å². The second-order valence-corrected chi connectivity index (χ2v) is 6.72. The topological polar surface area (TPSA) is 70.0 Å². The first-order valence-electron chi connectivity index (χ1n) is 7.13. The molecule has 22 heavy (non-hydrogen) atoms. The lowest BCUT2D eigenvalue weighted by Crippen LogP contribution is -2.26. The lowest BCUT2D eigenvalue weighted by atomic mass is 10.1. The number of benzene rings is 2. The summed E-state index contributed by atoms with van der Waals surface area (Å²) in [5.74, 6) is 0. The second-order valence-electron chi connectivity index (χ2n) is 4.95. The van der Waals surface area contributed by atoms with Crippen molar-refractivity contribution in [1.82, 2.24) is 4.72 Å². The largest absolute Gasteiger partial charge is 0.240 e. The Morgan fingerprint density at radius 1 is 1.00 bits per heavy atom. The van der Waals surface area contributed by atoms with Gasteiger partial charge in [0.25, 0.3) is 0 Å². The average Bonchev–Trinajstić information content (AvgIpc) is 2.55. The normalized spacial score (nSPS) is 11.1. The van der Waals surface area contributed by atoms with Gasteiger partial charge < -0.3 is 0 Å². The zero-order valence-corrected chi connectivity index (χ0v) is 13.2. The Morgan fingerprint density at radius 2 is 1.59 bits per heavy atom. The van der Waals surface area contributed by atoms with E-state index < -0.39 is 10.0 Å². The van der Waals surface area contributed by atoms with Gasteiger partial charge in [-0.05, 0) is 48.2 Å². The molecule has 2 aromatic rings. The maximum Gasteiger partial charge on any atom is 0.240 e. The molecule has 0 aliphatic carbocycles. The number of sulfonamides is 1. The van der Waals surface area contributed by atoms with E-state index in [-0.39, 0.29) is 4.90 Å². The van der Waals surface area contributed by atoms with E-state index in [1.165, 1.54) is 29.8 Å². The van der Waals surface area contributed by atoms with Gasteiger partial charge in [-0.1, -0.05) is 31.2 Å². The Balaban J connectivity index is 1.95. The fourth-order valence-corrected chi connectivity index (χ4v) is 3.10. The molecule has 2 rings (SSSR count). The van der Waals surface area contributed by atoms with Gasteiger partial charge in [-0.3, -0.25) is 0 Å².